The fourth-order valence-corrected chi connectivity index (χ4v) is 7.71. The summed E-state index contributed by atoms with van der Waals surface area (Å²) in [5.41, 5.74) is 6.27. The van der Waals surface area contributed by atoms with Crippen LogP contribution in [-0.4, -0.2) is 72.2 Å². The van der Waals surface area contributed by atoms with Gasteiger partial charge in [-0.15, -0.1) is 0 Å². The van der Waals surface area contributed by atoms with Crippen molar-refractivity contribution < 1.29 is 53.0 Å². The van der Waals surface area contributed by atoms with Crippen molar-refractivity contribution in [2.24, 2.45) is 0 Å². The van der Waals surface area contributed by atoms with Crippen molar-refractivity contribution >= 4 is 17.7 Å². The molecule has 0 radical (unpaired) electrons. The predicted molar refractivity (Wildman–Crippen MR) is 279 cm³/mol. The number of hydrogen-bond acceptors (Lipinski definition) is 11. The average molecular weight is 975 g/mol. The van der Waals surface area contributed by atoms with Crippen molar-refractivity contribution in [2.75, 3.05) is 26.4 Å². The van der Waals surface area contributed by atoms with Gasteiger partial charge in [0.25, 0.3) is 0 Å². The summed E-state index contributed by atoms with van der Waals surface area (Å²) in [7, 11) is 0. The molecule has 0 fully saturated rings. The molecule has 11 nitrogen and oxygen atoms in total. The van der Waals surface area contributed by atoms with Gasteiger partial charge >= 0.3 is 11.9 Å². The topological polar surface area (TPSA) is 147 Å². The molecule has 0 heterocycles. The minimum atomic E-state index is -1.05. The maximum atomic E-state index is 13.4. The second-order valence-corrected chi connectivity index (χ2v) is 19.9. The lowest BCUT2D eigenvalue weighted by Gasteiger charge is -2.30. The molecule has 0 saturated carbocycles. The van der Waals surface area contributed by atoms with E-state index in [9.17, 15) is 24.6 Å². The summed E-state index contributed by atoms with van der Waals surface area (Å²) in [5, 5.41) is 21.0. The van der Waals surface area contributed by atoms with E-state index in [4.69, 9.17) is 28.4 Å². The molecule has 2 N–H and O–H groups in total. The Hall–Kier alpha value is -7.47. The minimum absolute atomic E-state index is 0.0162. The maximum Gasteiger partial charge on any atom is 0.333 e. The zero-order valence-electron chi connectivity index (χ0n) is 42.5. The van der Waals surface area contributed by atoms with Crippen LogP contribution in [0, 0.1) is 0 Å². The molecule has 6 rings (SSSR count). The predicted octanol–water partition coefficient (Wildman–Crippen LogP) is 11.9. The van der Waals surface area contributed by atoms with Crippen molar-refractivity contribution in [2.45, 2.75) is 90.4 Å². The highest BCUT2D eigenvalue weighted by molar-refractivity contribution is 6.09. The molecule has 0 aromatic heterocycles. The Morgan fingerprint density at radius 2 is 0.778 bits per heavy atom. The van der Waals surface area contributed by atoms with E-state index in [2.05, 4.69) is 46.1 Å². The molecule has 376 valence electrons. The van der Waals surface area contributed by atoms with Crippen LogP contribution in [0.25, 0.3) is 0 Å². The van der Waals surface area contributed by atoms with Crippen molar-refractivity contribution in [3.63, 3.8) is 0 Å². The van der Waals surface area contributed by atoms with Gasteiger partial charge in [-0.05, 0) is 141 Å². The highest BCUT2D eigenvalue weighted by atomic mass is 16.6. The molecule has 0 aliphatic heterocycles. The zero-order chi connectivity index (χ0) is 52.2. The number of ketones is 1. The van der Waals surface area contributed by atoms with Crippen LogP contribution in [0.1, 0.15) is 111 Å². The van der Waals surface area contributed by atoms with E-state index in [0.29, 0.717) is 34.1 Å². The van der Waals surface area contributed by atoms with Gasteiger partial charge in [0.2, 0.25) is 0 Å². The van der Waals surface area contributed by atoms with Gasteiger partial charge in [0, 0.05) is 34.1 Å². The Bertz CT molecular complexity index is 2760. The Morgan fingerprint density at radius 3 is 1.11 bits per heavy atom. The van der Waals surface area contributed by atoms with Gasteiger partial charge in [0.1, 0.15) is 73.0 Å². The van der Waals surface area contributed by atoms with Crippen molar-refractivity contribution in [1.82, 2.24) is 0 Å². The number of hydrogen-bond donors (Lipinski definition) is 2. The Balaban J connectivity index is 1.30. The number of esters is 2. The van der Waals surface area contributed by atoms with Gasteiger partial charge in [-0.2, -0.15) is 0 Å². The zero-order valence-corrected chi connectivity index (χ0v) is 42.5. The van der Waals surface area contributed by atoms with E-state index < -0.39 is 29.7 Å². The number of carbonyl (C=O) groups excluding carboxylic acids is 3. The summed E-state index contributed by atoms with van der Waals surface area (Å²) in [6.07, 6.45) is -2.10. The third-order valence-electron chi connectivity index (χ3n) is 11.5. The van der Waals surface area contributed by atoms with Crippen LogP contribution in [0.15, 0.2) is 170 Å². The lowest BCUT2D eigenvalue weighted by molar-refractivity contribution is -0.143. The highest BCUT2D eigenvalue weighted by Gasteiger charge is 2.29. The average Bonchev–Trinajstić information content (AvgIpc) is 3.35. The minimum Gasteiger partial charge on any atom is -0.491 e. The quantitative estimate of drug-likeness (QED) is 0.0381. The Morgan fingerprint density at radius 1 is 0.458 bits per heavy atom. The molecule has 0 amide bonds. The van der Waals surface area contributed by atoms with Gasteiger partial charge < -0.3 is 38.6 Å². The molecular weight excluding hydrogens is 909 g/mol. The van der Waals surface area contributed by atoms with E-state index in [1.54, 1.807) is 24.3 Å². The summed E-state index contributed by atoms with van der Waals surface area (Å²) < 4.78 is 34.6. The first kappa shape index (κ1) is 53.9. The number of rotatable bonds is 22. The Kier molecular flexibility index (Phi) is 18.0. The van der Waals surface area contributed by atoms with Crippen LogP contribution in [0.3, 0.4) is 0 Å². The van der Waals surface area contributed by atoms with Gasteiger partial charge in [0.15, 0.2) is 5.78 Å². The normalized spacial score (nSPS) is 13.1. The van der Waals surface area contributed by atoms with Crippen LogP contribution in [-0.2, 0) is 24.5 Å². The van der Waals surface area contributed by atoms with Crippen LogP contribution in [0.4, 0.5) is 0 Å². The van der Waals surface area contributed by atoms with Crippen molar-refractivity contribution in [1.29, 1.82) is 0 Å². The number of ether oxygens (including phenoxy) is 6. The maximum absolute atomic E-state index is 13.4. The highest BCUT2D eigenvalue weighted by Crippen LogP contribution is 2.45. The van der Waals surface area contributed by atoms with Crippen LogP contribution < -0.4 is 18.9 Å². The van der Waals surface area contributed by atoms with Gasteiger partial charge in [-0.3, -0.25) is 4.79 Å². The SMILES string of the molecule is C=C(C)C(=O)OCC(O)COc1ccc(C(c2ccc(Oc3ccc(C(=O)c4ccc(C(C)(C)C)cc4)cc3)cc2)C(c2ccc(OCC(O)COC(=O)C(=C)C)cc2)c2ccc(OC(C)(C)C)cc2)cc1. The number of aliphatic hydroxyl groups is 2. The first-order valence-electron chi connectivity index (χ1n) is 23.9. The molecule has 6 aromatic rings. The van der Waals surface area contributed by atoms with Crippen LogP contribution >= 0.6 is 0 Å². The molecule has 0 aliphatic rings. The standard InChI is InChI=1S/C61H66O11/c1-39(2)58(65)69-37-48(62)35-67-50-25-13-41(14-26-50)55(43-17-29-52(30-18-43)71-53-31-21-46(22-32-53)57(64)45-11-23-47(24-12-45)60(5,6)7)56(44-19-33-54(34-20-44)72-61(8,9)10)42-15-27-51(28-16-42)68-36-49(63)38-70-59(66)40(3)4/h11-34,48-49,55-56,62-63H,1,3,35-38H2,2,4-10H3. The molecule has 11 heteroatoms. The third-order valence-corrected chi connectivity index (χ3v) is 11.5. The fourth-order valence-electron chi connectivity index (χ4n) is 7.71. The first-order chi connectivity index (χ1) is 34.1. The molecule has 0 aliphatic carbocycles. The monoisotopic (exact) mass is 974 g/mol. The first-order valence-corrected chi connectivity index (χ1v) is 23.9. The molecule has 0 bridgehead atoms. The number of carbonyl (C=O) groups is 3. The Labute approximate surface area is 423 Å². The summed E-state index contributed by atoms with van der Waals surface area (Å²) >= 11 is 0. The van der Waals surface area contributed by atoms with Gasteiger partial charge in [0.05, 0.1) is 0 Å². The second kappa shape index (κ2) is 24.1. The molecule has 72 heavy (non-hydrogen) atoms. The fraction of sp³-hybridized carbons (Fsp3) is 0.295. The molecule has 6 aromatic carbocycles. The van der Waals surface area contributed by atoms with Gasteiger partial charge in [-0.25, -0.2) is 9.59 Å². The van der Waals surface area contributed by atoms with E-state index >= 15 is 0 Å². The second-order valence-electron chi connectivity index (χ2n) is 19.9. The van der Waals surface area contributed by atoms with E-state index in [-0.39, 0.29) is 60.6 Å². The largest absolute Gasteiger partial charge is 0.491 e. The summed E-state index contributed by atoms with van der Waals surface area (Å²) in [6.45, 7) is 22.0. The number of aliphatic hydroxyl groups excluding tert-OH is 2. The summed E-state index contributed by atoms with van der Waals surface area (Å²) in [6, 6.07) is 46.2. The van der Waals surface area contributed by atoms with Crippen LogP contribution in [0.5, 0.6) is 28.7 Å². The smallest absolute Gasteiger partial charge is 0.333 e. The third kappa shape index (κ3) is 15.5. The van der Waals surface area contributed by atoms with Gasteiger partial charge in [-0.1, -0.05) is 107 Å². The van der Waals surface area contributed by atoms with E-state index in [1.807, 2.05) is 130 Å². The lowest BCUT2D eigenvalue weighted by atomic mass is 9.73. The van der Waals surface area contributed by atoms with Crippen molar-refractivity contribution in [3.8, 4) is 28.7 Å². The van der Waals surface area contributed by atoms with E-state index in [0.717, 1.165) is 33.6 Å². The molecular formula is C61H66O11. The van der Waals surface area contributed by atoms with Crippen molar-refractivity contribution in [3.05, 3.63) is 209 Å². The van der Waals surface area contributed by atoms with Crippen LogP contribution in [0.2, 0.25) is 0 Å². The number of benzene rings is 6. The summed E-state index contributed by atoms with van der Waals surface area (Å²) in [4.78, 5) is 37.1. The molecule has 0 saturated heterocycles. The lowest BCUT2D eigenvalue weighted by Crippen LogP contribution is -2.25. The molecule has 0 spiro atoms. The summed E-state index contributed by atoms with van der Waals surface area (Å²) in [5.74, 6) is 1.10. The van der Waals surface area contributed by atoms with E-state index in [1.165, 1.54) is 13.8 Å². The molecule has 4 unspecified atom stereocenters. The molecule has 4 atom stereocenters.